The molecule has 0 fully saturated rings. The van der Waals surface area contributed by atoms with Crippen molar-refractivity contribution >= 4 is 5.97 Å². The van der Waals surface area contributed by atoms with Gasteiger partial charge in [0.05, 0.1) is 7.11 Å². The number of methoxy groups -OCH3 is 1. The fraction of sp³-hybridized carbons (Fsp3) is 0.154. The van der Waals surface area contributed by atoms with Gasteiger partial charge in [-0.15, -0.1) is 0 Å². The molecule has 3 heteroatoms. The second kappa shape index (κ2) is 4.23. The van der Waals surface area contributed by atoms with Crippen molar-refractivity contribution in [2.24, 2.45) is 0 Å². The van der Waals surface area contributed by atoms with Crippen LogP contribution in [0.3, 0.4) is 0 Å². The van der Waals surface area contributed by atoms with Crippen LogP contribution in [0.2, 0.25) is 0 Å². The summed E-state index contributed by atoms with van der Waals surface area (Å²) in [6.45, 7) is 1.96. The highest BCUT2D eigenvalue weighted by Crippen LogP contribution is 2.17. The molecular weight excluding hydrogens is 202 g/mol. The molecule has 0 saturated carbocycles. The maximum absolute atomic E-state index is 11.6. The zero-order valence-electron chi connectivity index (χ0n) is 9.31. The van der Waals surface area contributed by atoms with Gasteiger partial charge in [0.1, 0.15) is 5.69 Å². The third kappa shape index (κ3) is 1.72. The van der Waals surface area contributed by atoms with Crippen LogP contribution in [-0.4, -0.2) is 17.6 Å². The standard InChI is InChI=1S/C13H13NO2/c1-10-8-9-12(13(15)16-2)14(10)11-6-4-3-5-7-11/h3-9H,1-2H3. The van der Waals surface area contributed by atoms with E-state index >= 15 is 0 Å². The summed E-state index contributed by atoms with van der Waals surface area (Å²) in [6, 6.07) is 13.4. The Kier molecular flexibility index (Phi) is 2.77. The van der Waals surface area contributed by atoms with Crippen LogP contribution in [0.15, 0.2) is 42.5 Å². The van der Waals surface area contributed by atoms with Gasteiger partial charge in [0.25, 0.3) is 0 Å². The zero-order chi connectivity index (χ0) is 11.5. The highest BCUT2D eigenvalue weighted by Gasteiger charge is 2.14. The topological polar surface area (TPSA) is 31.2 Å². The van der Waals surface area contributed by atoms with Crippen molar-refractivity contribution in [3.05, 3.63) is 53.9 Å². The zero-order valence-corrected chi connectivity index (χ0v) is 9.31. The predicted octanol–water partition coefficient (Wildman–Crippen LogP) is 2.57. The summed E-state index contributed by atoms with van der Waals surface area (Å²) in [5.74, 6) is -0.322. The average Bonchev–Trinajstić information content (AvgIpc) is 2.71. The molecule has 1 aromatic heterocycles. The van der Waals surface area contributed by atoms with Crippen molar-refractivity contribution in [2.45, 2.75) is 6.92 Å². The van der Waals surface area contributed by atoms with E-state index in [2.05, 4.69) is 0 Å². The second-order valence-corrected chi connectivity index (χ2v) is 3.52. The molecule has 0 N–H and O–H groups in total. The summed E-state index contributed by atoms with van der Waals surface area (Å²) in [5, 5.41) is 0. The molecule has 2 rings (SSSR count). The van der Waals surface area contributed by atoms with E-state index in [9.17, 15) is 4.79 Å². The first-order valence-electron chi connectivity index (χ1n) is 5.06. The summed E-state index contributed by atoms with van der Waals surface area (Å²) in [6.07, 6.45) is 0. The molecule has 16 heavy (non-hydrogen) atoms. The fourth-order valence-electron chi connectivity index (χ4n) is 1.72. The first kappa shape index (κ1) is 10.5. The van der Waals surface area contributed by atoms with Crippen LogP contribution >= 0.6 is 0 Å². The van der Waals surface area contributed by atoms with Gasteiger partial charge in [0.15, 0.2) is 0 Å². The van der Waals surface area contributed by atoms with Crippen LogP contribution in [0.4, 0.5) is 0 Å². The smallest absolute Gasteiger partial charge is 0.355 e. The molecule has 0 unspecified atom stereocenters. The molecule has 0 saturated heterocycles. The first-order valence-corrected chi connectivity index (χ1v) is 5.06. The minimum absolute atomic E-state index is 0.322. The Balaban J connectivity index is 2.56. The Bertz CT molecular complexity index is 500. The van der Waals surface area contributed by atoms with Gasteiger partial charge in [-0.25, -0.2) is 4.79 Å². The quantitative estimate of drug-likeness (QED) is 0.721. The number of esters is 1. The van der Waals surface area contributed by atoms with E-state index < -0.39 is 0 Å². The number of hydrogen-bond acceptors (Lipinski definition) is 2. The monoisotopic (exact) mass is 215 g/mol. The maximum Gasteiger partial charge on any atom is 0.355 e. The summed E-state index contributed by atoms with van der Waals surface area (Å²) >= 11 is 0. The van der Waals surface area contributed by atoms with Crippen LogP contribution in [-0.2, 0) is 4.74 Å². The minimum Gasteiger partial charge on any atom is -0.464 e. The summed E-state index contributed by atoms with van der Waals surface area (Å²) < 4.78 is 6.63. The molecular formula is C13H13NO2. The number of ether oxygens (including phenoxy) is 1. The van der Waals surface area contributed by atoms with E-state index in [1.807, 2.05) is 47.9 Å². The lowest BCUT2D eigenvalue weighted by atomic mass is 10.3. The van der Waals surface area contributed by atoms with Gasteiger partial charge < -0.3 is 9.30 Å². The Morgan fingerprint density at radius 3 is 2.44 bits per heavy atom. The minimum atomic E-state index is -0.322. The molecule has 0 radical (unpaired) electrons. The van der Waals surface area contributed by atoms with E-state index in [0.717, 1.165) is 11.4 Å². The van der Waals surface area contributed by atoms with Crippen LogP contribution < -0.4 is 0 Å². The van der Waals surface area contributed by atoms with E-state index in [4.69, 9.17) is 4.74 Å². The molecule has 0 aliphatic heterocycles. The van der Waals surface area contributed by atoms with Crippen molar-refractivity contribution in [3.8, 4) is 5.69 Å². The van der Waals surface area contributed by atoms with E-state index in [1.54, 1.807) is 6.07 Å². The predicted molar refractivity (Wildman–Crippen MR) is 61.8 cm³/mol. The SMILES string of the molecule is COC(=O)c1ccc(C)n1-c1ccccc1. The number of nitrogens with zero attached hydrogens (tertiary/aromatic N) is 1. The van der Waals surface area contributed by atoms with Gasteiger partial charge in [-0.05, 0) is 31.2 Å². The van der Waals surface area contributed by atoms with Gasteiger partial charge in [0.2, 0.25) is 0 Å². The number of hydrogen-bond donors (Lipinski definition) is 0. The van der Waals surface area contributed by atoms with Gasteiger partial charge >= 0.3 is 5.97 Å². The number of rotatable bonds is 2. The first-order chi connectivity index (χ1) is 7.74. The number of carbonyl (C=O) groups excluding carboxylic acids is 1. The number of carbonyl (C=O) groups is 1. The van der Waals surface area contributed by atoms with Crippen molar-refractivity contribution in [3.63, 3.8) is 0 Å². The fourth-order valence-corrected chi connectivity index (χ4v) is 1.72. The highest BCUT2D eigenvalue weighted by atomic mass is 16.5. The number of para-hydroxylation sites is 1. The van der Waals surface area contributed by atoms with Crippen molar-refractivity contribution in [1.82, 2.24) is 4.57 Å². The molecule has 82 valence electrons. The van der Waals surface area contributed by atoms with E-state index in [1.165, 1.54) is 7.11 Å². The van der Waals surface area contributed by atoms with Gasteiger partial charge in [0, 0.05) is 11.4 Å². The van der Waals surface area contributed by atoms with E-state index in [-0.39, 0.29) is 5.97 Å². The lowest BCUT2D eigenvalue weighted by molar-refractivity contribution is 0.0591. The van der Waals surface area contributed by atoms with Gasteiger partial charge in [-0.3, -0.25) is 0 Å². The average molecular weight is 215 g/mol. The second-order valence-electron chi connectivity index (χ2n) is 3.52. The third-order valence-electron chi connectivity index (χ3n) is 2.48. The Morgan fingerprint density at radius 2 is 1.81 bits per heavy atom. The Labute approximate surface area is 94.3 Å². The Hall–Kier alpha value is -2.03. The van der Waals surface area contributed by atoms with Crippen LogP contribution in [0, 0.1) is 6.92 Å². The summed E-state index contributed by atoms with van der Waals surface area (Å²) in [7, 11) is 1.39. The lowest BCUT2D eigenvalue weighted by Crippen LogP contribution is -2.09. The van der Waals surface area contributed by atoms with Gasteiger partial charge in [-0.2, -0.15) is 0 Å². The van der Waals surface area contributed by atoms with Gasteiger partial charge in [-0.1, -0.05) is 18.2 Å². The number of aromatic nitrogens is 1. The lowest BCUT2D eigenvalue weighted by Gasteiger charge is -2.09. The molecule has 0 atom stereocenters. The third-order valence-corrected chi connectivity index (χ3v) is 2.48. The van der Waals surface area contributed by atoms with E-state index in [0.29, 0.717) is 5.69 Å². The maximum atomic E-state index is 11.6. The molecule has 1 heterocycles. The van der Waals surface area contributed by atoms with Crippen LogP contribution in [0.5, 0.6) is 0 Å². The molecule has 3 nitrogen and oxygen atoms in total. The number of aryl methyl sites for hydroxylation is 1. The van der Waals surface area contributed by atoms with Crippen LogP contribution in [0.1, 0.15) is 16.2 Å². The van der Waals surface area contributed by atoms with Crippen molar-refractivity contribution in [2.75, 3.05) is 7.11 Å². The molecule has 0 amide bonds. The molecule has 0 aliphatic rings. The molecule has 0 spiro atoms. The summed E-state index contributed by atoms with van der Waals surface area (Å²) in [4.78, 5) is 11.6. The molecule has 1 aromatic carbocycles. The molecule has 2 aromatic rings. The highest BCUT2D eigenvalue weighted by molar-refractivity contribution is 5.88. The largest absolute Gasteiger partial charge is 0.464 e. The summed E-state index contributed by atoms with van der Waals surface area (Å²) in [5.41, 5.74) is 2.52. The van der Waals surface area contributed by atoms with Crippen LogP contribution in [0.25, 0.3) is 5.69 Å². The van der Waals surface area contributed by atoms with Crippen molar-refractivity contribution in [1.29, 1.82) is 0 Å². The molecule has 0 bridgehead atoms. The normalized spacial score (nSPS) is 10.1. The number of benzene rings is 1. The molecule has 0 aliphatic carbocycles. The Morgan fingerprint density at radius 1 is 1.12 bits per heavy atom. The van der Waals surface area contributed by atoms with Crippen molar-refractivity contribution < 1.29 is 9.53 Å².